The Morgan fingerprint density at radius 2 is 1.96 bits per heavy atom. The molecule has 6 nitrogen and oxygen atoms in total. The normalized spacial score (nSPS) is 19.3. The predicted molar refractivity (Wildman–Crippen MR) is 105 cm³/mol. The van der Waals surface area contributed by atoms with Crippen molar-refractivity contribution in [3.8, 4) is 5.69 Å². The van der Waals surface area contributed by atoms with E-state index in [1.807, 2.05) is 61.7 Å². The first-order chi connectivity index (χ1) is 12.6. The Hall–Kier alpha value is -2.21. The number of fused-ring (bicyclic) bond motifs is 1. The molecule has 0 saturated carbocycles. The lowest BCUT2D eigenvalue weighted by molar-refractivity contribution is 0.317. The summed E-state index contributed by atoms with van der Waals surface area (Å²) in [6.45, 7) is 4.04. The van der Waals surface area contributed by atoms with Crippen molar-refractivity contribution >= 4 is 35.8 Å². The molecule has 1 atom stereocenters. The lowest BCUT2D eigenvalue weighted by Crippen LogP contribution is -2.34. The summed E-state index contributed by atoms with van der Waals surface area (Å²) >= 11 is 1.56. The number of rotatable bonds is 4. The molecule has 26 heavy (non-hydrogen) atoms. The molecule has 4 rings (SSSR count). The maximum Gasteiger partial charge on any atom is 0.333 e. The monoisotopic (exact) mass is 386 g/mol. The van der Waals surface area contributed by atoms with Gasteiger partial charge in [0.15, 0.2) is 11.7 Å². The number of hydrogen-bond donors (Lipinski definition) is 0. The van der Waals surface area contributed by atoms with Crippen molar-refractivity contribution in [2.45, 2.75) is 13.8 Å². The Labute approximate surface area is 156 Å². The minimum Gasteiger partial charge on any atom is -0.310 e. The van der Waals surface area contributed by atoms with Gasteiger partial charge < -0.3 is 4.52 Å². The summed E-state index contributed by atoms with van der Waals surface area (Å²) in [7, 11) is -1.53. The smallest absolute Gasteiger partial charge is 0.310 e. The molecule has 0 bridgehead atoms. The van der Waals surface area contributed by atoms with E-state index in [4.69, 9.17) is 9.52 Å². The molecule has 0 saturated heterocycles. The average molecular weight is 386 g/mol. The third-order valence-corrected chi connectivity index (χ3v) is 7.79. The van der Waals surface area contributed by atoms with Crippen molar-refractivity contribution in [2.75, 3.05) is 13.7 Å². The predicted octanol–water partition coefficient (Wildman–Crippen LogP) is 4.12. The third-order valence-electron chi connectivity index (χ3n) is 4.25. The van der Waals surface area contributed by atoms with Gasteiger partial charge in [-0.15, -0.1) is 11.3 Å². The molecule has 8 heteroatoms. The van der Waals surface area contributed by atoms with Crippen LogP contribution < -0.4 is 5.30 Å². The van der Waals surface area contributed by atoms with E-state index >= 15 is 0 Å². The summed E-state index contributed by atoms with van der Waals surface area (Å²) in [6.07, 6.45) is 0. The van der Waals surface area contributed by atoms with Crippen LogP contribution in [0.3, 0.4) is 0 Å². The largest absolute Gasteiger partial charge is 0.333 e. The molecule has 0 radical (unpaired) electrons. The van der Waals surface area contributed by atoms with Crippen molar-refractivity contribution in [2.24, 2.45) is 4.99 Å². The number of amidine groups is 1. The Balaban J connectivity index is 2.01. The molecule has 1 aliphatic rings. The molecule has 1 aliphatic heterocycles. The van der Waals surface area contributed by atoms with Gasteiger partial charge in [0.05, 0.1) is 22.9 Å². The summed E-state index contributed by atoms with van der Waals surface area (Å²) < 4.78 is 23.2. The number of hydrogen-bond acceptors (Lipinski definition) is 5. The van der Waals surface area contributed by atoms with Gasteiger partial charge in [-0.1, -0.05) is 24.3 Å². The molecule has 0 aliphatic carbocycles. The zero-order chi connectivity index (χ0) is 18.3. The number of para-hydroxylation sites is 1. The van der Waals surface area contributed by atoms with Crippen LogP contribution in [0.15, 0.2) is 52.8 Å². The van der Waals surface area contributed by atoms with Gasteiger partial charge in [0.2, 0.25) is 0 Å². The maximum absolute atomic E-state index is 13.9. The maximum atomic E-state index is 13.9. The molecule has 0 N–H and O–H groups in total. The topological polar surface area (TPSA) is 59.7 Å². The highest BCUT2D eigenvalue weighted by Gasteiger charge is 2.44. The minimum absolute atomic E-state index is 0.342. The molecule has 3 aromatic rings. The van der Waals surface area contributed by atoms with Gasteiger partial charge in [-0.2, -0.15) is 5.10 Å². The summed E-state index contributed by atoms with van der Waals surface area (Å²) in [4.78, 5) is 5.79. The molecular weight excluding hydrogens is 367 g/mol. The van der Waals surface area contributed by atoms with Gasteiger partial charge in [-0.05, 0) is 37.4 Å². The van der Waals surface area contributed by atoms with E-state index in [0.717, 1.165) is 10.6 Å². The van der Waals surface area contributed by atoms with E-state index in [1.165, 1.54) is 0 Å². The van der Waals surface area contributed by atoms with Gasteiger partial charge in [-0.3, -0.25) is 9.24 Å². The fourth-order valence-corrected chi connectivity index (χ4v) is 6.10. The van der Waals surface area contributed by atoms with Crippen LogP contribution in [-0.4, -0.2) is 33.9 Å². The molecule has 1 aromatic carbocycles. The number of aryl methyl sites for hydroxylation is 1. The van der Waals surface area contributed by atoms with Crippen molar-refractivity contribution < 1.29 is 9.09 Å². The number of aromatic nitrogens is 2. The van der Waals surface area contributed by atoms with E-state index in [0.29, 0.717) is 29.3 Å². The second kappa shape index (κ2) is 6.50. The summed E-state index contributed by atoms with van der Waals surface area (Å²) in [6, 6.07) is 13.7. The minimum atomic E-state index is -3.30. The van der Waals surface area contributed by atoms with E-state index < -0.39 is 7.52 Å². The fraction of sp³-hybridized carbons (Fsp3) is 0.222. The van der Waals surface area contributed by atoms with E-state index in [1.54, 1.807) is 27.7 Å². The van der Waals surface area contributed by atoms with E-state index in [2.05, 4.69) is 5.10 Å². The van der Waals surface area contributed by atoms with E-state index in [-0.39, 0.29) is 0 Å². The Morgan fingerprint density at radius 3 is 2.62 bits per heavy atom. The molecule has 2 aromatic heterocycles. The highest BCUT2D eigenvalue weighted by molar-refractivity contribution is 7.66. The lowest BCUT2D eigenvalue weighted by Gasteiger charge is -2.32. The third kappa shape index (κ3) is 2.55. The Bertz CT molecular complexity index is 1010. The summed E-state index contributed by atoms with van der Waals surface area (Å²) in [5.41, 5.74) is 1.54. The van der Waals surface area contributed by atoms with Crippen molar-refractivity contribution in [3.63, 3.8) is 0 Å². The number of benzene rings is 1. The molecule has 0 spiro atoms. The molecule has 134 valence electrons. The quantitative estimate of drug-likeness (QED) is 0.633. The molecule has 1 unspecified atom stereocenters. The zero-order valence-electron chi connectivity index (χ0n) is 14.8. The van der Waals surface area contributed by atoms with Crippen molar-refractivity contribution in [1.29, 1.82) is 0 Å². The standard InChI is InChI=1S/C18H19N4O2PS/c1-4-24-25(23)16-13(2)20-22(14-9-6-5-7-10-14)18(16)19-17(21(25)3)15-11-8-12-26-15/h5-12H,4H2,1-3H3. The Morgan fingerprint density at radius 1 is 1.19 bits per heavy atom. The van der Waals surface area contributed by atoms with Gasteiger partial charge in [-0.25, -0.2) is 9.67 Å². The lowest BCUT2D eigenvalue weighted by atomic mass is 10.3. The van der Waals surface area contributed by atoms with Crippen LogP contribution in [0.25, 0.3) is 5.69 Å². The van der Waals surface area contributed by atoms with E-state index in [9.17, 15) is 4.57 Å². The van der Waals surface area contributed by atoms with Gasteiger partial charge >= 0.3 is 7.52 Å². The van der Waals surface area contributed by atoms with Crippen LogP contribution in [0.5, 0.6) is 0 Å². The molecule has 0 amide bonds. The average Bonchev–Trinajstić information content (AvgIpc) is 3.27. The SMILES string of the molecule is CCOP1(=O)c2c(C)nn(-c3ccccc3)c2N=C(c2cccs2)N1C. The highest BCUT2D eigenvalue weighted by Crippen LogP contribution is 2.55. The molecular formula is C18H19N4O2PS. The summed E-state index contributed by atoms with van der Waals surface area (Å²) in [5, 5.41) is 7.18. The van der Waals surface area contributed by atoms with Crippen LogP contribution in [0.4, 0.5) is 5.82 Å². The van der Waals surface area contributed by atoms with Crippen LogP contribution in [0, 0.1) is 6.92 Å². The first-order valence-corrected chi connectivity index (χ1v) is 10.8. The molecule has 3 heterocycles. The van der Waals surface area contributed by atoms with Crippen LogP contribution in [-0.2, 0) is 9.09 Å². The van der Waals surface area contributed by atoms with Gasteiger partial charge in [0.25, 0.3) is 0 Å². The second-order valence-electron chi connectivity index (χ2n) is 5.88. The number of aliphatic imine (C=N–C) groups is 1. The van der Waals surface area contributed by atoms with Crippen molar-refractivity contribution in [3.05, 3.63) is 58.4 Å². The molecule has 0 fully saturated rings. The van der Waals surface area contributed by atoms with Crippen LogP contribution in [0.2, 0.25) is 0 Å². The highest BCUT2D eigenvalue weighted by atomic mass is 32.1. The first-order valence-electron chi connectivity index (χ1n) is 8.33. The van der Waals surface area contributed by atoms with Gasteiger partial charge in [0.1, 0.15) is 5.30 Å². The second-order valence-corrected chi connectivity index (χ2v) is 9.17. The zero-order valence-corrected chi connectivity index (χ0v) is 16.5. The first kappa shape index (κ1) is 17.2. The fourth-order valence-electron chi connectivity index (χ4n) is 3.08. The van der Waals surface area contributed by atoms with Gasteiger partial charge in [0, 0.05) is 7.05 Å². The van der Waals surface area contributed by atoms with Crippen molar-refractivity contribution in [1.82, 2.24) is 14.5 Å². The number of thiophene rings is 1. The Kier molecular flexibility index (Phi) is 4.31. The number of nitrogens with zero attached hydrogens (tertiary/aromatic N) is 4. The van der Waals surface area contributed by atoms with Crippen LogP contribution in [0.1, 0.15) is 17.5 Å². The summed E-state index contributed by atoms with van der Waals surface area (Å²) in [5.74, 6) is 1.22. The van der Waals surface area contributed by atoms with Crippen LogP contribution >= 0.6 is 18.9 Å².